The van der Waals surface area contributed by atoms with Gasteiger partial charge in [0.25, 0.3) is 0 Å². The summed E-state index contributed by atoms with van der Waals surface area (Å²) >= 11 is 0. The van der Waals surface area contributed by atoms with Gasteiger partial charge < -0.3 is 19.1 Å². The van der Waals surface area contributed by atoms with E-state index in [1.807, 2.05) is 56.3 Å². The molecule has 0 bridgehead atoms. The van der Waals surface area contributed by atoms with Crippen LogP contribution in [0.25, 0.3) is 22.2 Å². The van der Waals surface area contributed by atoms with Crippen molar-refractivity contribution in [1.29, 1.82) is 0 Å². The van der Waals surface area contributed by atoms with Crippen molar-refractivity contribution in [3.63, 3.8) is 0 Å². The fourth-order valence-electron chi connectivity index (χ4n) is 3.44. The first kappa shape index (κ1) is 20.5. The Labute approximate surface area is 180 Å². The summed E-state index contributed by atoms with van der Waals surface area (Å²) in [5, 5.41) is 9.83. The summed E-state index contributed by atoms with van der Waals surface area (Å²) in [6, 6.07) is 20.0. The third-order valence-corrected chi connectivity index (χ3v) is 4.75. The maximum atomic E-state index is 11.0. The summed E-state index contributed by atoms with van der Waals surface area (Å²) in [4.78, 5) is 15.3. The zero-order valence-corrected chi connectivity index (χ0v) is 17.5. The molecule has 2 aromatic carbocycles. The number of pyridine rings is 1. The van der Waals surface area contributed by atoms with E-state index in [4.69, 9.17) is 14.6 Å². The molecule has 0 aliphatic heterocycles. The molecular formula is C25H24N2O4. The minimum absolute atomic E-state index is 0.118. The molecule has 1 N–H and O–H groups in total. The summed E-state index contributed by atoms with van der Waals surface area (Å²) in [7, 11) is 0. The Balaban J connectivity index is 1.48. The number of ether oxygens (including phenoxy) is 2. The molecule has 2 heterocycles. The summed E-state index contributed by atoms with van der Waals surface area (Å²) in [6.07, 6.45) is 3.47. The Kier molecular flexibility index (Phi) is 5.89. The average Bonchev–Trinajstić information content (AvgIpc) is 3.13. The van der Waals surface area contributed by atoms with E-state index in [0.717, 1.165) is 27.8 Å². The van der Waals surface area contributed by atoms with E-state index in [9.17, 15) is 4.79 Å². The van der Waals surface area contributed by atoms with E-state index in [1.165, 1.54) is 0 Å². The van der Waals surface area contributed by atoms with Crippen LogP contribution in [0.15, 0.2) is 73.1 Å². The highest BCUT2D eigenvalue weighted by atomic mass is 16.5. The smallest absolute Gasteiger partial charge is 0.323 e. The van der Waals surface area contributed by atoms with Crippen molar-refractivity contribution in [3.8, 4) is 22.6 Å². The summed E-state index contributed by atoms with van der Waals surface area (Å²) in [5.74, 6) is 0.586. The molecule has 4 aromatic rings. The molecule has 0 saturated carbocycles. The number of hydrogen-bond acceptors (Lipinski definition) is 4. The Bertz CT molecular complexity index is 1210. The van der Waals surface area contributed by atoms with Gasteiger partial charge in [0.05, 0.1) is 12.3 Å². The Hall–Kier alpha value is -3.80. The number of fused-ring (bicyclic) bond motifs is 1. The van der Waals surface area contributed by atoms with E-state index < -0.39 is 5.97 Å². The van der Waals surface area contributed by atoms with Crippen LogP contribution in [0.4, 0.5) is 0 Å². The molecule has 2 aromatic heterocycles. The van der Waals surface area contributed by atoms with Gasteiger partial charge in [-0.15, -0.1) is 0 Å². The molecular weight excluding hydrogens is 392 g/mol. The lowest BCUT2D eigenvalue weighted by molar-refractivity contribution is -0.137. The number of carboxylic acids is 1. The number of benzene rings is 2. The van der Waals surface area contributed by atoms with Gasteiger partial charge in [0.2, 0.25) is 0 Å². The molecule has 0 fully saturated rings. The molecule has 158 valence electrons. The van der Waals surface area contributed by atoms with Gasteiger partial charge in [-0.2, -0.15) is 0 Å². The summed E-state index contributed by atoms with van der Waals surface area (Å²) < 4.78 is 13.3. The number of aromatic nitrogens is 2. The second kappa shape index (κ2) is 8.92. The number of rotatable bonds is 8. The van der Waals surface area contributed by atoms with Crippen LogP contribution in [0.1, 0.15) is 19.4 Å². The minimum Gasteiger partial charge on any atom is -0.491 e. The van der Waals surface area contributed by atoms with Crippen LogP contribution in [-0.2, 0) is 17.9 Å². The van der Waals surface area contributed by atoms with Crippen molar-refractivity contribution >= 4 is 17.0 Å². The number of nitrogens with zero attached hydrogens (tertiary/aromatic N) is 2. The van der Waals surface area contributed by atoms with Gasteiger partial charge in [0.15, 0.2) is 0 Å². The van der Waals surface area contributed by atoms with Gasteiger partial charge >= 0.3 is 5.97 Å². The maximum Gasteiger partial charge on any atom is 0.323 e. The lowest BCUT2D eigenvalue weighted by atomic mass is 10.0. The first-order valence-corrected chi connectivity index (χ1v) is 10.1. The molecule has 0 unspecified atom stereocenters. The van der Waals surface area contributed by atoms with Crippen LogP contribution in [0.3, 0.4) is 0 Å². The van der Waals surface area contributed by atoms with Crippen LogP contribution in [0.2, 0.25) is 0 Å². The SMILES string of the molecule is CC(C)Oc1cccc(-c2cccc(COc3cnc4c(ccn4CC(=O)O)c3)c2)c1. The van der Waals surface area contributed by atoms with Crippen molar-refractivity contribution in [2.75, 3.05) is 0 Å². The predicted octanol–water partition coefficient (Wildman–Crippen LogP) is 5.15. The standard InChI is InChI=1S/C25H24N2O4/c1-17(2)31-22-8-4-7-20(12-22)19-6-3-5-18(11-19)16-30-23-13-21-9-10-27(15-24(28)29)25(21)26-14-23/h3-14,17H,15-16H2,1-2H3,(H,28,29). The Morgan fingerprint density at radius 2 is 1.81 bits per heavy atom. The van der Waals surface area contributed by atoms with E-state index in [0.29, 0.717) is 18.0 Å². The monoisotopic (exact) mass is 416 g/mol. The second-order valence-corrected chi connectivity index (χ2v) is 7.60. The number of aliphatic carboxylic acids is 1. The molecule has 0 aliphatic carbocycles. The highest BCUT2D eigenvalue weighted by Crippen LogP contribution is 2.26. The van der Waals surface area contributed by atoms with E-state index in [-0.39, 0.29) is 12.6 Å². The van der Waals surface area contributed by atoms with Crippen LogP contribution in [0.5, 0.6) is 11.5 Å². The predicted molar refractivity (Wildman–Crippen MR) is 119 cm³/mol. The van der Waals surface area contributed by atoms with Crippen LogP contribution in [0, 0.1) is 0 Å². The minimum atomic E-state index is -0.902. The zero-order valence-electron chi connectivity index (χ0n) is 17.5. The van der Waals surface area contributed by atoms with E-state index in [2.05, 4.69) is 23.2 Å². The zero-order chi connectivity index (χ0) is 21.8. The van der Waals surface area contributed by atoms with Gasteiger partial charge in [-0.3, -0.25) is 4.79 Å². The topological polar surface area (TPSA) is 73.6 Å². The molecule has 0 aliphatic rings. The number of carbonyl (C=O) groups is 1. The molecule has 0 spiro atoms. The third-order valence-electron chi connectivity index (χ3n) is 4.75. The van der Waals surface area contributed by atoms with Crippen LogP contribution >= 0.6 is 0 Å². The molecule has 0 atom stereocenters. The highest BCUT2D eigenvalue weighted by molar-refractivity contribution is 5.79. The van der Waals surface area contributed by atoms with E-state index in [1.54, 1.807) is 17.0 Å². The summed E-state index contributed by atoms with van der Waals surface area (Å²) in [6.45, 7) is 4.31. The largest absolute Gasteiger partial charge is 0.491 e. The van der Waals surface area contributed by atoms with E-state index >= 15 is 0 Å². The van der Waals surface area contributed by atoms with Gasteiger partial charge in [-0.1, -0.05) is 30.3 Å². The van der Waals surface area contributed by atoms with Crippen molar-refractivity contribution < 1.29 is 19.4 Å². The highest BCUT2D eigenvalue weighted by Gasteiger charge is 2.08. The lowest BCUT2D eigenvalue weighted by Gasteiger charge is -2.12. The van der Waals surface area contributed by atoms with Crippen molar-refractivity contribution in [2.24, 2.45) is 0 Å². The van der Waals surface area contributed by atoms with Crippen LogP contribution in [-0.4, -0.2) is 26.7 Å². The quantitative estimate of drug-likeness (QED) is 0.430. The van der Waals surface area contributed by atoms with Gasteiger partial charge in [0, 0.05) is 11.6 Å². The molecule has 0 radical (unpaired) electrons. The van der Waals surface area contributed by atoms with Crippen molar-refractivity contribution in [3.05, 3.63) is 78.6 Å². The van der Waals surface area contributed by atoms with Crippen molar-refractivity contribution in [1.82, 2.24) is 9.55 Å². The second-order valence-electron chi connectivity index (χ2n) is 7.60. The van der Waals surface area contributed by atoms with Gasteiger partial charge in [-0.25, -0.2) is 4.98 Å². The fraction of sp³-hybridized carbons (Fsp3) is 0.200. The molecule has 6 nitrogen and oxygen atoms in total. The Morgan fingerprint density at radius 3 is 2.58 bits per heavy atom. The number of hydrogen-bond donors (Lipinski definition) is 1. The lowest BCUT2D eigenvalue weighted by Crippen LogP contribution is -2.07. The fourth-order valence-corrected chi connectivity index (χ4v) is 3.44. The third kappa shape index (κ3) is 5.04. The van der Waals surface area contributed by atoms with Crippen molar-refractivity contribution in [2.45, 2.75) is 33.1 Å². The normalized spacial score (nSPS) is 11.1. The number of carboxylic acid groups (broad SMARTS) is 1. The maximum absolute atomic E-state index is 11.0. The molecule has 0 amide bonds. The Morgan fingerprint density at radius 1 is 1.03 bits per heavy atom. The van der Waals surface area contributed by atoms with Gasteiger partial charge in [-0.05, 0) is 60.9 Å². The first-order chi connectivity index (χ1) is 15.0. The van der Waals surface area contributed by atoms with Crippen LogP contribution < -0.4 is 9.47 Å². The summed E-state index contributed by atoms with van der Waals surface area (Å²) in [5.41, 5.74) is 3.84. The molecule has 6 heteroatoms. The molecule has 31 heavy (non-hydrogen) atoms. The van der Waals surface area contributed by atoms with Gasteiger partial charge in [0.1, 0.15) is 30.3 Å². The first-order valence-electron chi connectivity index (χ1n) is 10.1. The molecule has 4 rings (SSSR count). The average molecular weight is 416 g/mol. The molecule has 0 saturated heterocycles.